The van der Waals surface area contributed by atoms with Crippen LogP contribution in [0.2, 0.25) is 0 Å². The van der Waals surface area contributed by atoms with Gasteiger partial charge >= 0.3 is 5.97 Å². The van der Waals surface area contributed by atoms with E-state index in [-0.39, 0.29) is 18.8 Å². The molecule has 5 nitrogen and oxygen atoms in total. The highest BCUT2D eigenvalue weighted by atomic mass is 19.1. The van der Waals surface area contributed by atoms with Crippen LogP contribution in [0, 0.1) is 5.82 Å². The maximum absolute atomic E-state index is 14.6. The van der Waals surface area contributed by atoms with E-state index in [1.165, 1.54) is 12.1 Å². The van der Waals surface area contributed by atoms with Gasteiger partial charge in [-0.05, 0) is 24.6 Å². The Labute approximate surface area is 146 Å². The molecule has 2 rings (SSSR count). The molecule has 25 heavy (non-hydrogen) atoms. The molecule has 0 amide bonds. The van der Waals surface area contributed by atoms with Crippen molar-refractivity contribution >= 4 is 5.97 Å². The maximum Gasteiger partial charge on any atom is 0.345 e. The van der Waals surface area contributed by atoms with Crippen LogP contribution in [0.15, 0.2) is 48.5 Å². The molecule has 0 aliphatic heterocycles. The summed E-state index contributed by atoms with van der Waals surface area (Å²) in [6.45, 7) is 1.28. The van der Waals surface area contributed by atoms with Gasteiger partial charge in [0.25, 0.3) is 0 Å². The highest BCUT2D eigenvalue weighted by molar-refractivity contribution is 5.81. The summed E-state index contributed by atoms with van der Waals surface area (Å²) in [7, 11) is 1.15. The van der Waals surface area contributed by atoms with Crippen LogP contribution < -0.4 is 4.74 Å². The SMILES string of the molecule is CCOC(CO)(C(=O)OC)c1ccc(OCc2ccccc2)cc1F. The summed E-state index contributed by atoms with van der Waals surface area (Å²) < 4.78 is 30.2. The van der Waals surface area contributed by atoms with E-state index in [0.717, 1.165) is 18.7 Å². The second-order valence-electron chi connectivity index (χ2n) is 5.33. The number of carbonyl (C=O) groups is 1. The quantitative estimate of drug-likeness (QED) is 0.743. The highest BCUT2D eigenvalue weighted by Crippen LogP contribution is 2.31. The first-order valence-corrected chi connectivity index (χ1v) is 7.87. The summed E-state index contributed by atoms with van der Waals surface area (Å²) in [5.41, 5.74) is -1.05. The predicted molar refractivity (Wildman–Crippen MR) is 89.6 cm³/mol. The molecular formula is C19H21FO5. The topological polar surface area (TPSA) is 65.0 Å². The van der Waals surface area contributed by atoms with Gasteiger partial charge in [0, 0.05) is 18.2 Å². The van der Waals surface area contributed by atoms with Gasteiger partial charge in [0.2, 0.25) is 5.60 Å². The normalized spacial score (nSPS) is 13.1. The molecule has 0 saturated heterocycles. The third kappa shape index (κ3) is 4.15. The van der Waals surface area contributed by atoms with Crippen LogP contribution in [0.4, 0.5) is 4.39 Å². The van der Waals surface area contributed by atoms with E-state index in [4.69, 9.17) is 9.47 Å². The number of rotatable bonds is 8. The van der Waals surface area contributed by atoms with E-state index < -0.39 is 24.0 Å². The van der Waals surface area contributed by atoms with E-state index in [1.807, 2.05) is 30.3 Å². The second-order valence-corrected chi connectivity index (χ2v) is 5.33. The number of esters is 1. The van der Waals surface area contributed by atoms with Crippen LogP contribution in [-0.4, -0.2) is 31.4 Å². The molecule has 0 radical (unpaired) electrons. The average Bonchev–Trinajstić information content (AvgIpc) is 2.65. The first kappa shape index (κ1) is 18.9. The standard InChI is InChI=1S/C19H21FO5/c1-3-25-19(13-21,18(22)23-2)16-10-9-15(11-17(16)20)24-12-14-7-5-4-6-8-14/h4-11,21H,3,12-13H2,1-2H3. The van der Waals surface area contributed by atoms with Crippen molar-refractivity contribution in [1.82, 2.24) is 0 Å². The molecule has 0 aliphatic rings. The van der Waals surface area contributed by atoms with Gasteiger partial charge in [0.15, 0.2) is 0 Å². The monoisotopic (exact) mass is 348 g/mol. The van der Waals surface area contributed by atoms with Crippen LogP contribution in [0.3, 0.4) is 0 Å². The van der Waals surface area contributed by atoms with Gasteiger partial charge in [-0.25, -0.2) is 9.18 Å². The second kappa shape index (κ2) is 8.60. The molecule has 2 aromatic rings. The first-order chi connectivity index (χ1) is 12.1. The Morgan fingerprint density at radius 2 is 1.92 bits per heavy atom. The molecule has 1 atom stereocenters. The van der Waals surface area contributed by atoms with Crippen molar-refractivity contribution in [2.24, 2.45) is 0 Å². The van der Waals surface area contributed by atoms with Gasteiger partial charge in [-0.1, -0.05) is 30.3 Å². The molecule has 134 valence electrons. The highest BCUT2D eigenvalue weighted by Gasteiger charge is 2.44. The Morgan fingerprint density at radius 3 is 2.48 bits per heavy atom. The number of aliphatic hydroxyl groups excluding tert-OH is 1. The van der Waals surface area contributed by atoms with Gasteiger partial charge < -0.3 is 19.3 Å². The fourth-order valence-electron chi connectivity index (χ4n) is 2.51. The van der Waals surface area contributed by atoms with Crippen molar-refractivity contribution in [3.05, 3.63) is 65.5 Å². The number of aliphatic hydroxyl groups is 1. The summed E-state index contributed by atoms with van der Waals surface area (Å²) in [4.78, 5) is 12.1. The van der Waals surface area contributed by atoms with Gasteiger partial charge in [-0.15, -0.1) is 0 Å². The minimum absolute atomic E-state index is 0.0986. The molecule has 1 unspecified atom stereocenters. The van der Waals surface area contributed by atoms with E-state index in [2.05, 4.69) is 4.74 Å². The van der Waals surface area contributed by atoms with Crippen LogP contribution in [-0.2, 0) is 26.5 Å². The molecule has 0 fully saturated rings. The Balaban J connectivity index is 2.26. The fourth-order valence-corrected chi connectivity index (χ4v) is 2.51. The molecule has 0 saturated carbocycles. The number of halogens is 1. The van der Waals surface area contributed by atoms with Crippen molar-refractivity contribution in [1.29, 1.82) is 0 Å². The van der Waals surface area contributed by atoms with Gasteiger partial charge in [-0.3, -0.25) is 0 Å². The minimum atomic E-state index is -1.90. The lowest BCUT2D eigenvalue weighted by Gasteiger charge is -2.29. The third-order valence-electron chi connectivity index (χ3n) is 3.75. The third-order valence-corrected chi connectivity index (χ3v) is 3.75. The zero-order valence-electron chi connectivity index (χ0n) is 14.2. The molecule has 0 heterocycles. The largest absolute Gasteiger partial charge is 0.489 e. The number of methoxy groups -OCH3 is 1. The molecule has 0 spiro atoms. The van der Waals surface area contributed by atoms with Crippen molar-refractivity contribution in [3.63, 3.8) is 0 Å². The van der Waals surface area contributed by atoms with Crippen molar-refractivity contribution in [2.75, 3.05) is 20.3 Å². The van der Waals surface area contributed by atoms with Gasteiger partial charge in [-0.2, -0.15) is 0 Å². The van der Waals surface area contributed by atoms with E-state index in [0.29, 0.717) is 5.75 Å². The minimum Gasteiger partial charge on any atom is -0.489 e. The van der Waals surface area contributed by atoms with E-state index in [9.17, 15) is 14.3 Å². The predicted octanol–water partition coefficient (Wildman–Crippen LogP) is 2.80. The zero-order valence-corrected chi connectivity index (χ0v) is 14.2. The lowest BCUT2D eigenvalue weighted by Crippen LogP contribution is -2.44. The Morgan fingerprint density at radius 1 is 1.20 bits per heavy atom. The van der Waals surface area contributed by atoms with Gasteiger partial charge in [0.1, 0.15) is 18.2 Å². The molecular weight excluding hydrogens is 327 g/mol. The summed E-state index contributed by atoms with van der Waals surface area (Å²) in [6.07, 6.45) is 0. The first-order valence-electron chi connectivity index (χ1n) is 7.87. The summed E-state index contributed by atoms with van der Waals surface area (Å²) in [5, 5.41) is 9.68. The summed E-state index contributed by atoms with van der Waals surface area (Å²) in [5.74, 6) is -1.29. The van der Waals surface area contributed by atoms with E-state index in [1.54, 1.807) is 6.92 Å². The number of hydrogen-bond acceptors (Lipinski definition) is 5. The number of ether oxygens (including phenoxy) is 3. The summed E-state index contributed by atoms with van der Waals surface area (Å²) in [6, 6.07) is 13.5. The molecule has 0 bridgehead atoms. The van der Waals surface area contributed by atoms with E-state index >= 15 is 0 Å². The van der Waals surface area contributed by atoms with Crippen LogP contribution in [0.5, 0.6) is 5.75 Å². The number of benzene rings is 2. The Kier molecular flexibility index (Phi) is 6.50. The Bertz CT molecular complexity index is 704. The molecule has 0 aliphatic carbocycles. The number of hydrogen-bond donors (Lipinski definition) is 1. The van der Waals surface area contributed by atoms with Crippen molar-refractivity contribution in [3.8, 4) is 5.75 Å². The lowest BCUT2D eigenvalue weighted by molar-refractivity contribution is -0.177. The fraction of sp³-hybridized carbons (Fsp3) is 0.316. The number of carbonyl (C=O) groups excluding carboxylic acids is 1. The molecule has 0 aromatic heterocycles. The van der Waals surface area contributed by atoms with Crippen LogP contribution >= 0.6 is 0 Å². The summed E-state index contributed by atoms with van der Waals surface area (Å²) >= 11 is 0. The van der Waals surface area contributed by atoms with Gasteiger partial charge in [0.05, 0.1) is 13.7 Å². The Hall–Kier alpha value is -2.44. The van der Waals surface area contributed by atoms with Crippen molar-refractivity contribution < 1.29 is 28.5 Å². The molecule has 2 aromatic carbocycles. The van der Waals surface area contributed by atoms with Crippen LogP contribution in [0.25, 0.3) is 0 Å². The van der Waals surface area contributed by atoms with Crippen molar-refractivity contribution in [2.45, 2.75) is 19.1 Å². The maximum atomic E-state index is 14.6. The molecule has 6 heteroatoms. The smallest absolute Gasteiger partial charge is 0.345 e. The molecule has 1 N–H and O–H groups in total. The van der Waals surface area contributed by atoms with Crippen LogP contribution in [0.1, 0.15) is 18.1 Å². The lowest BCUT2D eigenvalue weighted by atomic mass is 9.93. The average molecular weight is 348 g/mol. The zero-order chi connectivity index (χ0) is 18.3.